The predicted octanol–water partition coefficient (Wildman–Crippen LogP) is 7.01. The third-order valence-corrected chi connectivity index (χ3v) is 5.14. The highest BCUT2D eigenvalue weighted by Gasteiger charge is 2.25. The molecule has 184 valence electrons. The van der Waals surface area contributed by atoms with Crippen LogP contribution >= 0.6 is 0 Å². The van der Waals surface area contributed by atoms with Crippen molar-refractivity contribution in [2.45, 2.75) is 64.4 Å². The molecule has 34 heavy (non-hydrogen) atoms. The van der Waals surface area contributed by atoms with Crippen molar-refractivity contribution in [2.75, 3.05) is 6.61 Å². The largest absolute Gasteiger partial charge is 0.490 e. The molecule has 0 heterocycles. The van der Waals surface area contributed by atoms with Crippen molar-refractivity contribution in [3.05, 3.63) is 72.3 Å². The van der Waals surface area contributed by atoms with Gasteiger partial charge in [0.2, 0.25) is 0 Å². The van der Waals surface area contributed by atoms with Crippen LogP contribution in [-0.2, 0) is 4.74 Å². The van der Waals surface area contributed by atoms with Gasteiger partial charge in [0.1, 0.15) is 18.1 Å². The van der Waals surface area contributed by atoms with Crippen molar-refractivity contribution in [3.63, 3.8) is 0 Å². The molecule has 0 amide bonds. The van der Waals surface area contributed by atoms with Gasteiger partial charge in [0, 0.05) is 0 Å². The second-order valence-electron chi connectivity index (χ2n) is 7.87. The lowest BCUT2D eigenvalue weighted by molar-refractivity contribution is -0.0374. The van der Waals surface area contributed by atoms with Crippen LogP contribution in [0.25, 0.3) is 0 Å². The maximum Gasteiger partial charge on any atom is 0.343 e. The molecule has 1 unspecified atom stereocenters. The van der Waals surface area contributed by atoms with Gasteiger partial charge in [0.25, 0.3) is 6.43 Å². The number of hydrogen-bond acceptors (Lipinski definition) is 5. The summed E-state index contributed by atoms with van der Waals surface area (Å²) in [5, 5.41) is 0. The maximum atomic E-state index is 13.3. The van der Waals surface area contributed by atoms with Gasteiger partial charge in [-0.05, 0) is 61.4 Å². The Labute approximate surface area is 199 Å². The summed E-state index contributed by atoms with van der Waals surface area (Å²) in [6.07, 6.45) is 3.32. The van der Waals surface area contributed by atoms with E-state index in [2.05, 4.69) is 13.5 Å². The lowest BCUT2D eigenvalue weighted by Gasteiger charge is -2.17. The van der Waals surface area contributed by atoms with Gasteiger partial charge in [0.05, 0.1) is 11.1 Å². The third kappa shape index (κ3) is 9.33. The normalized spacial score (nSPS) is 11.6. The molecular formula is C27H32F2O5. The van der Waals surface area contributed by atoms with Crippen LogP contribution in [0.15, 0.2) is 61.2 Å². The van der Waals surface area contributed by atoms with Gasteiger partial charge in [-0.1, -0.05) is 51.7 Å². The van der Waals surface area contributed by atoms with E-state index in [4.69, 9.17) is 14.2 Å². The first-order chi connectivity index (χ1) is 16.4. The van der Waals surface area contributed by atoms with E-state index in [1.165, 1.54) is 24.3 Å². The number of halogens is 2. The summed E-state index contributed by atoms with van der Waals surface area (Å²) in [6, 6.07) is 12.0. The van der Waals surface area contributed by atoms with Gasteiger partial charge in [0.15, 0.2) is 6.10 Å². The number of carbonyl (C=O) groups is 2. The van der Waals surface area contributed by atoms with Crippen LogP contribution in [0.1, 0.15) is 72.6 Å². The van der Waals surface area contributed by atoms with Gasteiger partial charge in [-0.25, -0.2) is 18.4 Å². The number of rotatable bonds is 15. The molecule has 0 saturated heterocycles. The number of hydrogen-bond donors (Lipinski definition) is 0. The minimum atomic E-state index is -2.74. The molecule has 5 nitrogen and oxygen atoms in total. The zero-order valence-corrected chi connectivity index (χ0v) is 19.5. The molecule has 0 saturated carbocycles. The van der Waals surface area contributed by atoms with E-state index in [-0.39, 0.29) is 17.7 Å². The Kier molecular flexibility index (Phi) is 11.8. The number of alkyl halides is 2. The smallest absolute Gasteiger partial charge is 0.343 e. The maximum absolute atomic E-state index is 13.3. The quantitative estimate of drug-likeness (QED) is 0.120. The topological polar surface area (TPSA) is 61.8 Å². The third-order valence-electron chi connectivity index (χ3n) is 5.14. The van der Waals surface area contributed by atoms with Crippen molar-refractivity contribution in [1.29, 1.82) is 0 Å². The van der Waals surface area contributed by atoms with E-state index < -0.39 is 24.5 Å². The van der Waals surface area contributed by atoms with Gasteiger partial charge in [-0.2, -0.15) is 0 Å². The van der Waals surface area contributed by atoms with Gasteiger partial charge >= 0.3 is 11.9 Å². The van der Waals surface area contributed by atoms with E-state index in [9.17, 15) is 18.4 Å². The number of esters is 2. The first kappa shape index (κ1) is 27.0. The fourth-order valence-corrected chi connectivity index (χ4v) is 3.24. The molecule has 0 aromatic heterocycles. The summed E-state index contributed by atoms with van der Waals surface area (Å²) in [4.78, 5) is 24.6. The second kappa shape index (κ2) is 14.8. The average Bonchev–Trinajstić information content (AvgIpc) is 2.84. The van der Waals surface area contributed by atoms with Gasteiger partial charge in [-0.3, -0.25) is 0 Å². The minimum Gasteiger partial charge on any atom is -0.490 e. The van der Waals surface area contributed by atoms with E-state index in [1.54, 1.807) is 30.3 Å². The second-order valence-corrected chi connectivity index (χ2v) is 7.87. The average molecular weight is 475 g/mol. The van der Waals surface area contributed by atoms with Crippen molar-refractivity contribution in [2.24, 2.45) is 0 Å². The molecule has 0 radical (unpaired) electrons. The van der Waals surface area contributed by atoms with E-state index in [1.807, 2.05) is 0 Å². The SMILES string of the molecule is C=CCOc1ccc(C(=O)Oc2ccc(C(=O)OC(CCCCCCCC)C(F)F)cc2)cc1. The molecule has 0 aliphatic carbocycles. The highest BCUT2D eigenvalue weighted by molar-refractivity contribution is 5.92. The summed E-state index contributed by atoms with van der Waals surface area (Å²) < 4.78 is 42.3. The molecule has 0 N–H and O–H groups in total. The van der Waals surface area contributed by atoms with Crippen LogP contribution in [0, 0.1) is 0 Å². The van der Waals surface area contributed by atoms with Gasteiger partial charge in [-0.15, -0.1) is 0 Å². The van der Waals surface area contributed by atoms with Crippen molar-refractivity contribution in [3.8, 4) is 11.5 Å². The molecule has 7 heteroatoms. The number of unbranched alkanes of at least 4 members (excludes halogenated alkanes) is 5. The van der Waals surface area contributed by atoms with E-state index in [0.717, 1.165) is 32.1 Å². The molecule has 1 atom stereocenters. The van der Waals surface area contributed by atoms with Crippen LogP contribution < -0.4 is 9.47 Å². The van der Waals surface area contributed by atoms with Crippen molar-refractivity contribution >= 4 is 11.9 Å². The minimum absolute atomic E-state index is 0.108. The monoisotopic (exact) mass is 474 g/mol. The van der Waals surface area contributed by atoms with Crippen LogP contribution in [0.3, 0.4) is 0 Å². The molecule has 0 spiro atoms. The fraction of sp³-hybridized carbons (Fsp3) is 0.407. The summed E-state index contributed by atoms with van der Waals surface area (Å²) >= 11 is 0. The highest BCUT2D eigenvalue weighted by Crippen LogP contribution is 2.20. The lowest BCUT2D eigenvalue weighted by Crippen LogP contribution is -2.25. The lowest BCUT2D eigenvalue weighted by atomic mass is 10.1. The summed E-state index contributed by atoms with van der Waals surface area (Å²) in [6.45, 7) is 6.04. The Morgan fingerprint density at radius 2 is 1.41 bits per heavy atom. The van der Waals surface area contributed by atoms with E-state index >= 15 is 0 Å². The Bertz CT molecular complexity index is 894. The molecule has 0 aliphatic heterocycles. The van der Waals surface area contributed by atoms with Crippen LogP contribution in [0.5, 0.6) is 11.5 Å². The number of benzene rings is 2. The molecule has 2 aromatic rings. The van der Waals surface area contributed by atoms with E-state index in [0.29, 0.717) is 24.3 Å². The van der Waals surface area contributed by atoms with Gasteiger partial charge < -0.3 is 14.2 Å². The van der Waals surface area contributed by atoms with Crippen molar-refractivity contribution < 1.29 is 32.6 Å². The Hall–Kier alpha value is -3.22. The Morgan fingerprint density at radius 1 is 0.853 bits per heavy atom. The first-order valence-corrected chi connectivity index (χ1v) is 11.6. The zero-order valence-electron chi connectivity index (χ0n) is 19.5. The fourth-order valence-electron chi connectivity index (χ4n) is 3.24. The molecule has 0 aliphatic rings. The van der Waals surface area contributed by atoms with Crippen molar-refractivity contribution in [1.82, 2.24) is 0 Å². The molecule has 0 fully saturated rings. The zero-order chi connectivity index (χ0) is 24.8. The molecular weight excluding hydrogens is 442 g/mol. The van der Waals surface area contributed by atoms with Crippen LogP contribution in [-0.4, -0.2) is 31.1 Å². The number of carbonyl (C=O) groups excluding carboxylic acids is 2. The van der Waals surface area contributed by atoms with Crippen LogP contribution in [0.2, 0.25) is 0 Å². The standard InChI is InChI=1S/C27H32F2O5/c1-3-5-6-7-8-9-10-24(25(28)29)34-27(31)21-13-17-23(18-14-21)33-26(30)20-11-15-22(16-12-20)32-19-4-2/h4,11-18,24-25H,2-3,5-10,19H2,1H3. The molecule has 2 aromatic carbocycles. The first-order valence-electron chi connectivity index (χ1n) is 11.6. The summed E-state index contributed by atoms with van der Waals surface area (Å²) in [5.74, 6) is -0.601. The highest BCUT2D eigenvalue weighted by atomic mass is 19.3. The molecule has 2 rings (SSSR count). The Morgan fingerprint density at radius 3 is 2.00 bits per heavy atom. The number of ether oxygens (including phenoxy) is 3. The molecule has 0 bridgehead atoms. The Balaban J connectivity index is 1.86. The predicted molar refractivity (Wildman–Crippen MR) is 127 cm³/mol. The summed E-state index contributed by atoms with van der Waals surface area (Å²) in [5.41, 5.74) is 0.432. The van der Waals surface area contributed by atoms with Crippen LogP contribution in [0.4, 0.5) is 8.78 Å². The summed E-state index contributed by atoms with van der Waals surface area (Å²) in [7, 11) is 0.